The number of piperidine rings is 1. The third kappa shape index (κ3) is 2.81. The van der Waals surface area contributed by atoms with Crippen LogP contribution in [0.15, 0.2) is 23.1 Å². The monoisotopic (exact) mass is 308 g/mol. The predicted octanol–water partition coefficient (Wildman–Crippen LogP) is 2.71. The predicted molar refractivity (Wildman–Crippen MR) is 85.0 cm³/mol. The number of benzene rings is 1. The van der Waals surface area contributed by atoms with Gasteiger partial charge in [0.2, 0.25) is 10.0 Å². The Labute approximate surface area is 127 Å². The molecule has 0 amide bonds. The van der Waals surface area contributed by atoms with Crippen molar-refractivity contribution >= 4 is 15.7 Å². The van der Waals surface area contributed by atoms with E-state index in [1.54, 1.807) is 10.4 Å². The Morgan fingerprint density at radius 2 is 2.05 bits per heavy atom. The molecule has 5 heteroatoms. The topological polar surface area (TPSA) is 49.4 Å². The summed E-state index contributed by atoms with van der Waals surface area (Å²) in [5.41, 5.74) is 2.21. The number of rotatable bonds is 2. The van der Waals surface area contributed by atoms with Gasteiger partial charge in [0.25, 0.3) is 0 Å². The van der Waals surface area contributed by atoms with E-state index in [-0.39, 0.29) is 0 Å². The molecule has 1 saturated heterocycles. The maximum atomic E-state index is 12.8. The zero-order valence-electron chi connectivity index (χ0n) is 12.8. The summed E-state index contributed by atoms with van der Waals surface area (Å²) < 4.78 is 27.3. The van der Waals surface area contributed by atoms with Crippen molar-refractivity contribution in [2.24, 2.45) is 11.8 Å². The molecule has 2 aliphatic heterocycles. The molecule has 0 aliphatic carbocycles. The molecule has 2 aliphatic rings. The van der Waals surface area contributed by atoms with E-state index in [0.29, 0.717) is 29.8 Å². The van der Waals surface area contributed by atoms with E-state index >= 15 is 0 Å². The average Bonchev–Trinajstić information content (AvgIpc) is 2.49. The van der Waals surface area contributed by atoms with Gasteiger partial charge in [-0.3, -0.25) is 0 Å². The van der Waals surface area contributed by atoms with E-state index in [1.807, 2.05) is 12.1 Å². The summed E-state index contributed by atoms with van der Waals surface area (Å²) in [5.74, 6) is 1.03. The second kappa shape index (κ2) is 5.61. The van der Waals surface area contributed by atoms with Crippen LogP contribution < -0.4 is 5.32 Å². The van der Waals surface area contributed by atoms with Gasteiger partial charge in [-0.05, 0) is 54.9 Å². The Bertz CT molecular complexity index is 627. The molecule has 116 valence electrons. The Morgan fingerprint density at radius 3 is 2.81 bits per heavy atom. The molecule has 0 bridgehead atoms. The van der Waals surface area contributed by atoms with Gasteiger partial charge in [-0.15, -0.1) is 0 Å². The number of hydrogen-bond acceptors (Lipinski definition) is 3. The van der Waals surface area contributed by atoms with Gasteiger partial charge in [0, 0.05) is 25.3 Å². The highest BCUT2D eigenvalue weighted by Gasteiger charge is 2.32. The van der Waals surface area contributed by atoms with E-state index in [9.17, 15) is 8.42 Å². The quantitative estimate of drug-likeness (QED) is 0.914. The minimum Gasteiger partial charge on any atom is -0.385 e. The number of nitrogens with zero attached hydrogens (tertiary/aromatic N) is 1. The minimum absolute atomic E-state index is 0.424. The van der Waals surface area contributed by atoms with Gasteiger partial charge in [-0.25, -0.2) is 8.42 Å². The number of anilines is 1. The van der Waals surface area contributed by atoms with Crippen LogP contribution in [0.3, 0.4) is 0 Å². The van der Waals surface area contributed by atoms with Crippen molar-refractivity contribution in [2.45, 2.75) is 38.0 Å². The van der Waals surface area contributed by atoms with Crippen molar-refractivity contribution in [3.05, 3.63) is 23.8 Å². The highest BCUT2D eigenvalue weighted by Crippen LogP contribution is 2.30. The highest BCUT2D eigenvalue weighted by atomic mass is 32.2. The third-order valence-corrected chi connectivity index (χ3v) is 6.81. The van der Waals surface area contributed by atoms with Gasteiger partial charge < -0.3 is 5.32 Å². The van der Waals surface area contributed by atoms with Crippen LogP contribution in [0.5, 0.6) is 0 Å². The van der Waals surface area contributed by atoms with Gasteiger partial charge >= 0.3 is 0 Å². The van der Waals surface area contributed by atoms with Crippen molar-refractivity contribution < 1.29 is 8.42 Å². The van der Waals surface area contributed by atoms with Crippen LogP contribution in [0.4, 0.5) is 5.69 Å². The lowest BCUT2D eigenvalue weighted by Crippen LogP contribution is -2.42. The first-order chi connectivity index (χ1) is 9.98. The van der Waals surface area contributed by atoms with Gasteiger partial charge in [0.15, 0.2) is 0 Å². The number of fused-ring (bicyclic) bond motifs is 1. The Balaban J connectivity index is 1.88. The lowest BCUT2D eigenvalue weighted by Gasteiger charge is -2.34. The summed E-state index contributed by atoms with van der Waals surface area (Å²) in [7, 11) is -3.35. The summed E-state index contributed by atoms with van der Waals surface area (Å²) in [6, 6.07) is 5.52. The lowest BCUT2D eigenvalue weighted by atomic mass is 9.90. The zero-order valence-corrected chi connectivity index (χ0v) is 13.6. The van der Waals surface area contributed by atoms with Crippen LogP contribution in [0, 0.1) is 11.8 Å². The fourth-order valence-corrected chi connectivity index (χ4v) is 4.81. The van der Waals surface area contributed by atoms with Crippen LogP contribution >= 0.6 is 0 Å². The molecule has 0 saturated carbocycles. The fourth-order valence-electron chi connectivity index (χ4n) is 3.20. The van der Waals surface area contributed by atoms with Crippen molar-refractivity contribution in [2.75, 3.05) is 25.0 Å². The molecule has 0 aromatic heterocycles. The molecule has 4 nitrogen and oxygen atoms in total. The first kappa shape index (κ1) is 14.9. The van der Waals surface area contributed by atoms with Crippen molar-refractivity contribution in [1.82, 2.24) is 4.31 Å². The molecule has 2 atom stereocenters. The van der Waals surface area contributed by atoms with Gasteiger partial charge in [0.05, 0.1) is 4.90 Å². The number of nitrogens with one attached hydrogen (secondary N) is 1. The number of sulfonamides is 1. The number of aryl methyl sites for hydroxylation is 1. The molecule has 2 heterocycles. The van der Waals surface area contributed by atoms with Crippen LogP contribution in [-0.2, 0) is 16.4 Å². The SMILES string of the molecule is CC1CCN(S(=O)(=O)c2ccc3c(c2)CCCN3)CC1C. The lowest BCUT2D eigenvalue weighted by molar-refractivity contribution is 0.212. The van der Waals surface area contributed by atoms with Gasteiger partial charge in [-0.2, -0.15) is 4.31 Å². The summed E-state index contributed by atoms with van der Waals surface area (Å²) in [6.07, 6.45) is 2.97. The molecule has 21 heavy (non-hydrogen) atoms. The molecule has 3 rings (SSSR count). The molecule has 1 fully saturated rings. The molecule has 0 radical (unpaired) electrons. The van der Waals surface area contributed by atoms with E-state index in [2.05, 4.69) is 19.2 Å². The smallest absolute Gasteiger partial charge is 0.243 e. The van der Waals surface area contributed by atoms with E-state index in [1.165, 1.54) is 0 Å². The Kier molecular flexibility index (Phi) is 3.97. The number of hydrogen-bond donors (Lipinski definition) is 1. The maximum Gasteiger partial charge on any atom is 0.243 e. The Morgan fingerprint density at radius 1 is 1.24 bits per heavy atom. The molecule has 1 aromatic rings. The first-order valence-corrected chi connectivity index (χ1v) is 9.29. The maximum absolute atomic E-state index is 12.8. The van der Waals surface area contributed by atoms with Crippen LogP contribution in [0.1, 0.15) is 32.3 Å². The van der Waals surface area contributed by atoms with Crippen molar-refractivity contribution in [3.8, 4) is 0 Å². The standard InChI is InChI=1S/C16H24N2O2S/c1-12-7-9-18(11-13(12)2)21(19,20)15-5-6-16-14(10-15)4-3-8-17-16/h5-6,10,12-13,17H,3-4,7-9,11H2,1-2H3. The van der Waals surface area contributed by atoms with Crippen molar-refractivity contribution in [1.29, 1.82) is 0 Å². The molecule has 2 unspecified atom stereocenters. The summed E-state index contributed by atoms with van der Waals surface area (Å²) in [4.78, 5) is 0.451. The summed E-state index contributed by atoms with van der Waals surface area (Å²) in [5, 5.41) is 3.33. The van der Waals surface area contributed by atoms with Gasteiger partial charge in [0.1, 0.15) is 0 Å². The van der Waals surface area contributed by atoms with Crippen LogP contribution in [0.25, 0.3) is 0 Å². The summed E-state index contributed by atoms with van der Waals surface area (Å²) >= 11 is 0. The summed E-state index contributed by atoms with van der Waals surface area (Å²) in [6.45, 7) is 6.60. The molecular weight excluding hydrogens is 284 g/mol. The molecule has 1 aromatic carbocycles. The second-order valence-electron chi connectivity index (χ2n) is 6.46. The zero-order chi connectivity index (χ0) is 15.0. The molecule has 1 N–H and O–H groups in total. The van der Waals surface area contributed by atoms with E-state index < -0.39 is 10.0 Å². The van der Waals surface area contributed by atoms with E-state index in [4.69, 9.17) is 0 Å². The first-order valence-electron chi connectivity index (χ1n) is 7.85. The van der Waals surface area contributed by atoms with Gasteiger partial charge in [-0.1, -0.05) is 13.8 Å². The molecule has 0 spiro atoms. The largest absolute Gasteiger partial charge is 0.385 e. The van der Waals surface area contributed by atoms with Crippen molar-refractivity contribution in [3.63, 3.8) is 0 Å². The average molecular weight is 308 g/mol. The van der Waals surface area contributed by atoms with Crippen LogP contribution in [-0.4, -0.2) is 32.4 Å². The van der Waals surface area contributed by atoms with Crippen LogP contribution in [0.2, 0.25) is 0 Å². The highest BCUT2D eigenvalue weighted by molar-refractivity contribution is 7.89. The second-order valence-corrected chi connectivity index (χ2v) is 8.39. The minimum atomic E-state index is -3.35. The normalized spacial score (nSPS) is 27.0. The van der Waals surface area contributed by atoms with E-state index in [0.717, 1.165) is 37.1 Å². The fraction of sp³-hybridized carbons (Fsp3) is 0.625. The third-order valence-electron chi connectivity index (χ3n) is 4.95. The Hall–Kier alpha value is -1.07. The molecular formula is C16H24N2O2S.